The number of nitrogens with zero attached hydrogens (tertiary/aromatic N) is 2. The topological polar surface area (TPSA) is 53.8 Å². The van der Waals surface area contributed by atoms with Crippen LogP contribution < -0.4 is 4.90 Å². The van der Waals surface area contributed by atoms with Crippen LogP contribution in [-0.2, 0) is 4.79 Å². The molecule has 1 aromatic carbocycles. The molecule has 138 valence electrons. The highest BCUT2D eigenvalue weighted by atomic mass is 16.3. The second kappa shape index (κ2) is 7.77. The molecule has 2 amide bonds. The van der Waals surface area contributed by atoms with E-state index in [4.69, 9.17) is 4.42 Å². The van der Waals surface area contributed by atoms with E-state index in [2.05, 4.69) is 18.2 Å². The lowest BCUT2D eigenvalue weighted by molar-refractivity contribution is -0.123. The minimum absolute atomic E-state index is 0.0450. The van der Waals surface area contributed by atoms with Gasteiger partial charge in [-0.2, -0.15) is 0 Å². The first-order valence-corrected chi connectivity index (χ1v) is 9.22. The Hall–Kier alpha value is -2.56. The van der Waals surface area contributed by atoms with Crippen LogP contribution in [0.15, 0.2) is 41.0 Å². The zero-order valence-electron chi connectivity index (χ0n) is 15.7. The number of aryl methyl sites for hydroxylation is 2. The SMILES string of the molecule is CCN(C(=O)C1CCN(C(=O)c2ccco2)CC1)c1cc(C)cc(C)c1. The van der Waals surface area contributed by atoms with E-state index in [-0.39, 0.29) is 17.7 Å². The summed E-state index contributed by atoms with van der Waals surface area (Å²) in [5, 5.41) is 0. The van der Waals surface area contributed by atoms with Crippen LogP contribution in [0.1, 0.15) is 41.4 Å². The van der Waals surface area contributed by atoms with Gasteiger partial charge in [0, 0.05) is 31.2 Å². The molecule has 0 bridgehead atoms. The molecular weight excluding hydrogens is 328 g/mol. The van der Waals surface area contributed by atoms with E-state index in [1.54, 1.807) is 17.0 Å². The van der Waals surface area contributed by atoms with Gasteiger partial charge < -0.3 is 14.2 Å². The molecule has 1 aliphatic heterocycles. The molecular formula is C21H26N2O3. The number of carbonyl (C=O) groups excluding carboxylic acids is 2. The molecule has 0 unspecified atom stereocenters. The molecule has 0 spiro atoms. The molecule has 0 atom stereocenters. The van der Waals surface area contributed by atoms with Gasteiger partial charge in [0.05, 0.1) is 6.26 Å². The lowest BCUT2D eigenvalue weighted by Gasteiger charge is -2.33. The first kappa shape index (κ1) is 18.2. The molecule has 3 rings (SSSR count). The molecule has 26 heavy (non-hydrogen) atoms. The number of hydrogen-bond acceptors (Lipinski definition) is 3. The predicted octanol–water partition coefficient (Wildman–Crippen LogP) is 3.80. The van der Waals surface area contributed by atoms with Crippen molar-refractivity contribution in [3.05, 3.63) is 53.5 Å². The quantitative estimate of drug-likeness (QED) is 0.839. The first-order valence-electron chi connectivity index (χ1n) is 9.22. The zero-order valence-corrected chi connectivity index (χ0v) is 15.7. The maximum atomic E-state index is 13.1. The minimum atomic E-state index is -0.0949. The summed E-state index contributed by atoms with van der Waals surface area (Å²) in [4.78, 5) is 29.1. The van der Waals surface area contributed by atoms with Crippen molar-refractivity contribution < 1.29 is 14.0 Å². The number of carbonyl (C=O) groups is 2. The van der Waals surface area contributed by atoms with Crippen molar-refractivity contribution in [1.82, 2.24) is 4.90 Å². The average molecular weight is 354 g/mol. The van der Waals surface area contributed by atoms with Crippen LogP contribution in [0.5, 0.6) is 0 Å². The van der Waals surface area contributed by atoms with E-state index >= 15 is 0 Å². The standard InChI is InChI=1S/C21H26N2O3/c1-4-23(18-13-15(2)12-16(3)14-18)20(24)17-7-9-22(10-8-17)21(25)19-6-5-11-26-19/h5-6,11-14,17H,4,7-10H2,1-3H3. The Morgan fingerprint density at radius 3 is 2.35 bits per heavy atom. The smallest absolute Gasteiger partial charge is 0.289 e. The van der Waals surface area contributed by atoms with Crippen LogP contribution in [-0.4, -0.2) is 36.3 Å². The molecule has 2 aromatic rings. The summed E-state index contributed by atoms with van der Waals surface area (Å²) >= 11 is 0. The largest absolute Gasteiger partial charge is 0.459 e. The number of likely N-dealkylation sites (tertiary alicyclic amines) is 1. The van der Waals surface area contributed by atoms with Gasteiger partial charge in [-0.15, -0.1) is 0 Å². The Morgan fingerprint density at radius 1 is 1.15 bits per heavy atom. The van der Waals surface area contributed by atoms with Gasteiger partial charge in [-0.1, -0.05) is 6.07 Å². The van der Waals surface area contributed by atoms with Crippen LogP contribution in [0, 0.1) is 19.8 Å². The average Bonchev–Trinajstić information content (AvgIpc) is 3.15. The Morgan fingerprint density at radius 2 is 1.81 bits per heavy atom. The molecule has 0 N–H and O–H groups in total. The number of piperidine rings is 1. The van der Waals surface area contributed by atoms with Crippen LogP contribution >= 0.6 is 0 Å². The highest BCUT2D eigenvalue weighted by Crippen LogP contribution is 2.26. The third-order valence-corrected chi connectivity index (χ3v) is 4.96. The van der Waals surface area contributed by atoms with Crippen molar-refractivity contribution in [1.29, 1.82) is 0 Å². The molecule has 0 aliphatic carbocycles. The second-order valence-corrected chi connectivity index (χ2v) is 6.97. The van der Waals surface area contributed by atoms with E-state index in [9.17, 15) is 9.59 Å². The van der Waals surface area contributed by atoms with Gasteiger partial charge in [-0.25, -0.2) is 0 Å². The summed E-state index contributed by atoms with van der Waals surface area (Å²) in [5.41, 5.74) is 3.28. The van der Waals surface area contributed by atoms with Crippen molar-refractivity contribution in [2.24, 2.45) is 5.92 Å². The van der Waals surface area contributed by atoms with Gasteiger partial charge in [0.2, 0.25) is 5.91 Å². The summed E-state index contributed by atoms with van der Waals surface area (Å²) in [6.45, 7) is 7.92. The number of amides is 2. The van der Waals surface area contributed by atoms with Crippen LogP contribution in [0.2, 0.25) is 0 Å². The van der Waals surface area contributed by atoms with Gasteiger partial charge in [-0.3, -0.25) is 9.59 Å². The maximum Gasteiger partial charge on any atom is 0.289 e. The lowest BCUT2D eigenvalue weighted by atomic mass is 9.94. The molecule has 5 heteroatoms. The highest BCUT2D eigenvalue weighted by molar-refractivity contribution is 5.96. The summed E-state index contributed by atoms with van der Waals surface area (Å²) < 4.78 is 5.19. The van der Waals surface area contributed by atoms with Crippen molar-refractivity contribution in [3.8, 4) is 0 Å². The molecule has 1 fully saturated rings. The second-order valence-electron chi connectivity index (χ2n) is 6.97. The zero-order chi connectivity index (χ0) is 18.7. The molecule has 5 nitrogen and oxygen atoms in total. The predicted molar refractivity (Wildman–Crippen MR) is 101 cm³/mol. The number of anilines is 1. The fourth-order valence-electron chi connectivity index (χ4n) is 3.68. The van der Waals surface area contributed by atoms with Crippen LogP contribution in [0.25, 0.3) is 0 Å². The van der Waals surface area contributed by atoms with Gasteiger partial charge in [0.15, 0.2) is 5.76 Å². The normalized spacial score (nSPS) is 15.1. The maximum absolute atomic E-state index is 13.1. The van der Waals surface area contributed by atoms with E-state index in [1.165, 1.54) is 6.26 Å². The van der Waals surface area contributed by atoms with E-state index in [1.807, 2.05) is 25.7 Å². The molecule has 1 aromatic heterocycles. The van der Waals surface area contributed by atoms with Gasteiger partial charge in [0.1, 0.15) is 0 Å². The Labute approximate surface area is 154 Å². The van der Waals surface area contributed by atoms with Gasteiger partial charge in [-0.05, 0) is 69.0 Å². The van der Waals surface area contributed by atoms with Crippen molar-refractivity contribution in [2.75, 3.05) is 24.5 Å². The summed E-state index contributed by atoms with van der Waals surface area (Å²) in [6, 6.07) is 9.62. The molecule has 0 radical (unpaired) electrons. The van der Waals surface area contributed by atoms with E-state index in [0.717, 1.165) is 16.8 Å². The van der Waals surface area contributed by atoms with Crippen LogP contribution in [0.4, 0.5) is 5.69 Å². The molecule has 2 heterocycles. The highest BCUT2D eigenvalue weighted by Gasteiger charge is 2.31. The summed E-state index contributed by atoms with van der Waals surface area (Å²) in [6.07, 6.45) is 2.88. The third-order valence-electron chi connectivity index (χ3n) is 4.96. The summed E-state index contributed by atoms with van der Waals surface area (Å²) in [5.74, 6) is 0.377. The first-order chi connectivity index (χ1) is 12.5. The fraction of sp³-hybridized carbons (Fsp3) is 0.429. The molecule has 1 aliphatic rings. The van der Waals surface area contributed by atoms with Gasteiger partial charge in [0.25, 0.3) is 5.91 Å². The Bertz CT molecular complexity index is 754. The van der Waals surface area contributed by atoms with Crippen molar-refractivity contribution >= 4 is 17.5 Å². The van der Waals surface area contributed by atoms with E-state index < -0.39 is 0 Å². The number of benzene rings is 1. The van der Waals surface area contributed by atoms with Crippen LogP contribution in [0.3, 0.4) is 0 Å². The lowest BCUT2D eigenvalue weighted by Crippen LogP contribution is -2.44. The summed E-state index contributed by atoms with van der Waals surface area (Å²) in [7, 11) is 0. The third kappa shape index (κ3) is 3.82. The monoisotopic (exact) mass is 354 g/mol. The number of furan rings is 1. The number of rotatable bonds is 4. The molecule has 0 saturated carbocycles. The van der Waals surface area contributed by atoms with Crippen molar-refractivity contribution in [2.45, 2.75) is 33.6 Å². The Balaban J connectivity index is 1.66. The minimum Gasteiger partial charge on any atom is -0.459 e. The van der Waals surface area contributed by atoms with E-state index in [0.29, 0.717) is 38.2 Å². The van der Waals surface area contributed by atoms with Crippen molar-refractivity contribution in [3.63, 3.8) is 0 Å². The van der Waals surface area contributed by atoms with Gasteiger partial charge >= 0.3 is 0 Å². The number of hydrogen-bond donors (Lipinski definition) is 0. The molecule has 1 saturated heterocycles. The fourth-order valence-corrected chi connectivity index (χ4v) is 3.68. The Kier molecular flexibility index (Phi) is 5.45.